The van der Waals surface area contributed by atoms with Gasteiger partial charge < -0.3 is 5.32 Å². The molecule has 0 aliphatic rings. The van der Waals surface area contributed by atoms with E-state index in [1.54, 1.807) is 23.6 Å². The normalized spacial score (nSPS) is 10.1. The molecule has 2 aromatic rings. The molecular weight excluding hydrogens is 249 g/mol. The van der Waals surface area contributed by atoms with Crippen molar-refractivity contribution in [2.75, 3.05) is 5.32 Å². The smallest absolute Gasteiger partial charge is 0.267 e. The minimum absolute atomic E-state index is 0.150. The number of hydrogen-bond donors (Lipinski definition) is 1. The summed E-state index contributed by atoms with van der Waals surface area (Å²) in [6.45, 7) is 0. The standard InChI is InChI=1S/C11H7ClFNOS/c12-7-5-6-16-10(7)11(15)14-9-4-2-1-3-8(9)13/h1-6H,(H,14,15). The van der Waals surface area contributed by atoms with E-state index in [-0.39, 0.29) is 5.69 Å². The number of carbonyl (C=O) groups excluding carboxylic acids is 1. The van der Waals surface area contributed by atoms with E-state index in [4.69, 9.17) is 11.6 Å². The van der Waals surface area contributed by atoms with Crippen molar-refractivity contribution >= 4 is 34.5 Å². The molecule has 82 valence electrons. The van der Waals surface area contributed by atoms with E-state index in [1.807, 2.05) is 0 Å². The number of amides is 1. The van der Waals surface area contributed by atoms with Gasteiger partial charge in [-0.05, 0) is 23.6 Å². The van der Waals surface area contributed by atoms with Crippen LogP contribution in [-0.2, 0) is 0 Å². The highest BCUT2D eigenvalue weighted by atomic mass is 35.5. The molecule has 1 amide bonds. The second-order valence-electron chi connectivity index (χ2n) is 3.03. The van der Waals surface area contributed by atoms with E-state index in [0.717, 1.165) is 0 Å². The van der Waals surface area contributed by atoms with Crippen LogP contribution in [-0.4, -0.2) is 5.91 Å². The van der Waals surface area contributed by atoms with Crippen LogP contribution >= 0.6 is 22.9 Å². The quantitative estimate of drug-likeness (QED) is 0.869. The maximum atomic E-state index is 13.2. The van der Waals surface area contributed by atoms with Crippen LogP contribution in [0.4, 0.5) is 10.1 Å². The molecule has 0 bridgehead atoms. The Bertz CT molecular complexity index is 526. The van der Waals surface area contributed by atoms with Gasteiger partial charge in [-0.3, -0.25) is 4.79 Å². The fourth-order valence-corrected chi connectivity index (χ4v) is 2.23. The van der Waals surface area contributed by atoms with Gasteiger partial charge in [-0.25, -0.2) is 4.39 Å². The van der Waals surface area contributed by atoms with Gasteiger partial charge in [-0.1, -0.05) is 23.7 Å². The molecule has 0 saturated carbocycles. The van der Waals surface area contributed by atoms with Crippen LogP contribution in [0.1, 0.15) is 9.67 Å². The van der Waals surface area contributed by atoms with Gasteiger partial charge in [0.2, 0.25) is 0 Å². The van der Waals surface area contributed by atoms with Crippen LogP contribution < -0.4 is 5.32 Å². The zero-order chi connectivity index (χ0) is 11.5. The Hall–Kier alpha value is -1.39. The molecule has 1 aromatic carbocycles. The summed E-state index contributed by atoms with van der Waals surface area (Å²) in [7, 11) is 0. The topological polar surface area (TPSA) is 29.1 Å². The molecule has 0 fully saturated rings. The van der Waals surface area contributed by atoms with Gasteiger partial charge in [-0.2, -0.15) is 0 Å². The first-order valence-electron chi connectivity index (χ1n) is 4.47. The Morgan fingerprint density at radius 1 is 1.31 bits per heavy atom. The first kappa shape index (κ1) is 11.1. The number of rotatable bonds is 2. The average molecular weight is 256 g/mol. The lowest BCUT2D eigenvalue weighted by molar-refractivity contribution is 0.103. The first-order valence-corrected chi connectivity index (χ1v) is 5.73. The monoisotopic (exact) mass is 255 g/mol. The lowest BCUT2D eigenvalue weighted by Crippen LogP contribution is -2.11. The van der Waals surface area contributed by atoms with Crippen molar-refractivity contribution in [1.29, 1.82) is 0 Å². The van der Waals surface area contributed by atoms with Crippen LogP contribution in [0, 0.1) is 5.82 Å². The maximum Gasteiger partial charge on any atom is 0.267 e. The van der Waals surface area contributed by atoms with Gasteiger partial charge in [0.1, 0.15) is 10.7 Å². The van der Waals surface area contributed by atoms with Crippen molar-refractivity contribution in [3.63, 3.8) is 0 Å². The van der Waals surface area contributed by atoms with E-state index in [9.17, 15) is 9.18 Å². The summed E-state index contributed by atoms with van der Waals surface area (Å²) in [6, 6.07) is 7.61. The van der Waals surface area contributed by atoms with Crippen LogP contribution in [0.2, 0.25) is 5.02 Å². The van der Waals surface area contributed by atoms with Crippen molar-refractivity contribution in [3.05, 3.63) is 51.4 Å². The molecule has 0 aliphatic carbocycles. The Morgan fingerprint density at radius 2 is 2.06 bits per heavy atom. The van der Waals surface area contributed by atoms with Crippen LogP contribution in [0.5, 0.6) is 0 Å². The van der Waals surface area contributed by atoms with Gasteiger partial charge in [0.25, 0.3) is 5.91 Å². The molecule has 0 radical (unpaired) electrons. The number of hydrogen-bond acceptors (Lipinski definition) is 2. The van der Waals surface area contributed by atoms with Crippen LogP contribution in [0.25, 0.3) is 0 Å². The Kier molecular flexibility index (Phi) is 3.22. The van der Waals surface area contributed by atoms with Gasteiger partial charge in [0.05, 0.1) is 10.7 Å². The lowest BCUT2D eigenvalue weighted by Gasteiger charge is -2.04. The third-order valence-corrected chi connectivity index (χ3v) is 3.29. The van der Waals surface area contributed by atoms with E-state index in [1.165, 1.54) is 23.5 Å². The van der Waals surface area contributed by atoms with Gasteiger partial charge in [0.15, 0.2) is 0 Å². The molecule has 2 nitrogen and oxygen atoms in total. The number of anilines is 1. The Labute approximate surface area is 101 Å². The predicted molar refractivity (Wildman–Crippen MR) is 63.7 cm³/mol. The number of thiophene rings is 1. The van der Waals surface area contributed by atoms with Crippen molar-refractivity contribution in [1.82, 2.24) is 0 Å². The minimum atomic E-state index is -0.469. The lowest BCUT2D eigenvalue weighted by atomic mass is 10.3. The molecule has 16 heavy (non-hydrogen) atoms. The van der Waals surface area contributed by atoms with E-state index in [2.05, 4.69) is 5.32 Å². The number of benzene rings is 1. The van der Waals surface area contributed by atoms with E-state index in [0.29, 0.717) is 9.90 Å². The third kappa shape index (κ3) is 2.23. The largest absolute Gasteiger partial charge is 0.319 e. The average Bonchev–Trinajstić information content (AvgIpc) is 2.68. The Morgan fingerprint density at radius 3 is 2.69 bits per heavy atom. The van der Waals surface area contributed by atoms with Crippen molar-refractivity contribution in [2.24, 2.45) is 0 Å². The molecule has 0 saturated heterocycles. The van der Waals surface area contributed by atoms with E-state index < -0.39 is 11.7 Å². The minimum Gasteiger partial charge on any atom is -0.319 e. The van der Waals surface area contributed by atoms with Gasteiger partial charge in [0, 0.05) is 0 Å². The molecule has 0 atom stereocenters. The third-order valence-electron chi connectivity index (χ3n) is 1.95. The highest BCUT2D eigenvalue weighted by Crippen LogP contribution is 2.23. The van der Waals surface area contributed by atoms with Crippen LogP contribution in [0.15, 0.2) is 35.7 Å². The first-order chi connectivity index (χ1) is 7.68. The number of halogens is 2. The van der Waals surface area contributed by atoms with E-state index >= 15 is 0 Å². The summed E-state index contributed by atoms with van der Waals surface area (Å²) in [5.74, 6) is -0.867. The molecular formula is C11H7ClFNOS. The summed E-state index contributed by atoms with van der Waals surface area (Å²) in [4.78, 5) is 12.1. The molecule has 1 aromatic heterocycles. The molecule has 0 unspecified atom stereocenters. The fourth-order valence-electron chi connectivity index (χ4n) is 1.20. The summed E-state index contributed by atoms with van der Waals surface area (Å²) < 4.78 is 13.2. The summed E-state index contributed by atoms with van der Waals surface area (Å²) in [5, 5.41) is 4.55. The highest BCUT2D eigenvalue weighted by molar-refractivity contribution is 7.12. The Balaban J connectivity index is 2.21. The molecule has 1 N–H and O–H groups in total. The highest BCUT2D eigenvalue weighted by Gasteiger charge is 2.13. The zero-order valence-corrected chi connectivity index (χ0v) is 9.61. The molecule has 0 spiro atoms. The van der Waals surface area contributed by atoms with Gasteiger partial charge >= 0.3 is 0 Å². The maximum absolute atomic E-state index is 13.2. The summed E-state index contributed by atoms with van der Waals surface area (Å²) in [5.41, 5.74) is 0.150. The zero-order valence-electron chi connectivity index (χ0n) is 8.04. The molecule has 0 aliphatic heterocycles. The van der Waals surface area contributed by atoms with Crippen molar-refractivity contribution in [2.45, 2.75) is 0 Å². The van der Waals surface area contributed by atoms with Crippen molar-refractivity contribution < 1.29 is 9.18 Å². The number of para-hydroxylation sites is 1. The second-order valence-corrected chi connectivity index (χ2v) is 4.35. The second kappa shape index (κ2) is 4.63. The van der Waals surface area contributed by atoms with Crippen molar-refractivity contribution in [3.8, 4) is 0 Å². The predicted octanol–water partition coefficient (Wildman–Crippen LogP) is 3.79. The molecule has 5 heteroatoms. The molecule has 2 rings (SSSR count). The number of carbonyl (C=O) groups is 1. The molecule has 1 heterocycles. The SMILES string of the molecule is O=C(Nc1ccccc1F)c1sccc1Cl. The summed E-state index contributed by atoms with van der Waals surface area (Å²) in [6.07, 6.45) is 0. The summed E-state index contributed by atoms with van der Waals surface area (Å²) >= 11 is 7.01. The van der Waals surface area contributed by atoms with Gasteiger partial charge in [-0.15, -0.1) is 11.3 Å². The fraction of sp³-hybridized carbons (Fsp3) is 0. The number of nitrogens with one attached hydrogen (secondary N) is 1. The van der Waals surface area contributed by atoms with Crippen LogP contribution in [0.3, 0.4) is 0 Å².